The van der Waals surface area contributed by atoms with Crippen LogP contribution in [0.2, 0.25) is 12.1 Å². The molecule has 0 saturated heterocycles. The van der Waals surface area contributed by atoms with Crippen LogP contribution in [0.5, 0.6) is 0 Å². The maximum atomic E-state index is 6.27. The molecule has 0 aliphatic carbocycles. The molecule has 0 saturated carbocycles. The zero-order chi connectivity index (χ0) is 23.6. The van der Waals surface area contributed by atoms with Crippen LogP contribution in [-0.2, 0) is 13.3 Å². The fourth-order valence-electron chi connectivity index (χ4n) is 4.75. The first-order chi connectivity index (χ1) is 16.2. The van der Waals surface area contributed by atoms with Crippen molar-refractivity contribution in [2.45, 2.75) is 32.9 Å². The second-order valence-electron chi connectivity index (χ2n) is 7.91. The second-order valence-corrected chi connectivity index (χ2v) is 14.6. The van der Waals surface area contributed by atoms with E-state index in [4.69, 9.17) is 13.3 Å². The maximum absolute atomic E-state index is 6.27. The molecule has 0 aromatic heterocycles. The predicted molar refractivity (Wildman–Crippen MR) is 144 cm³/mol. The third-order valence-corrected chi connectivity index (χ3v) is 14.6. The van der Waals surface area contributed by atoms with Gasteiger partial charge in [-0.1, -0.05) is 97.6 Å². The maximum Gasteiger partial charge on any atom is 0.500 e. The van der Waals surface area contributed by atoms with Crippen molar-refractivity contribution < 1.29 is 13.3 Å². The summed E-state index contributed by atoms with van der Waals surface area (Å²) in [6, 6.07) is 32.3. The SMILES string of the molecule is C=Cc1ccccc1[Si](CC[Si](OCC)(OCC)OCC)(c1ccccc1)c1ccccc1. The predicted octanol–water partition coefficient (Wildman–Crippen LogP) is 4.85. The highest BCUT2D eigenvalue weighted by Gasteiger charge is 2.47. The van der Waals surface area contributed by atoms with E-state index in [-0.39, 0.29) is 0 Å². The normalized spacial score (nSPS) is 12.0. The summed E-state index contributed by atoms with van der Waals surface area (Å²) < 4.78 is 18.8. The van der Waals surface area contributed by atoms with Crippen LogP contribution in [0.15, 0.2) is 91.5 Å². The van der Waals surface area contributed by atoms with E-state index in [0.29, 0.717) is 19.8 Å². The largest absolute Gasteiger partial charge is 0.500 e. The van der Waals surface area contributed by atoms with Gasteiger partial charge in [-0.05, 0) is 47.9 Å². The first-order valence-electron chi connectivity index (χ1n) is 11.9. The molecule has 0 spiro atoms. The standard InChI is InChI=1S/C28H36O3Si2/c1-5-25-17-15-16-22-28(25)32(26-18-11-9-12-19-26,27-20-13-10-14-21-27)23-24-33(29-6-2,30-7-3)31-8-4/h5,9-22H,1,6-8,23-24H2,2-4H3. The number of hydrogen-bond donors (Lipinski definition) is 0. The first kappa shape index (κ1) is 25.3. The van der Waals surface area contributed by atoms with Gasteiger partial charge in [-0.2, -0.15) is 0 Å². The van der Waals surface area contributed by atoms with Gasteiger partial charge >= 0.3 is 8.80 Å². The quantitative estimate of drug-likeness (QED) is 0.261. The van der Waals surface area contributed by atoms with Gasteiger partial charge in [0.15, 0.2) is 0 Å². The second kappa shape index (κ2) is 12.3. The number of rotatable bonds is 13. The van der Waals surface area contributed by atoms with Gasteiger partial charge in [-0.25, -0.2) is 0 Å². The van der Waals surface area contributed by atoms with Crippen molar-refractivity contribution in [3.05, 3.63) is 97.1 Å². The fourth-order valence-corrected chi connectivity index (χ4v) is 13.9. The van der Waals surface area contributed by atoms with Crippen molar-refractivity contribution in [1.29, 1.82) is 0 Å². The lowest BCUT2D eigenvalue weighted by molar-refractivity contribution is 0.0725. The summed E-state index contributed by atoms with van der Waals surface area (Å²) in [6.07, 6.45) is 1.99. The molecular formula is C28H36O3Si2. The van der Waals surface area contributed by atoms with Gasteiger partial charge in [0.1, 0.15) is 8.07 Å². The molecule has 5 heteroatoms. The molecule has 0 atom stereocenters. The minimum absolute atomic E-state index is 0.584. The van der Waals surface area contributed by atoms with Crippen molar-refractivity contribution in [1.82, 2.24) is 0 Å². The molecule has 3 rings (SSSR count). The molecule has 0 fully saturated rings. The Kier molecular flexibility index (Phi) is 9.41. The summed E-state index contributed by atoms with van der Waals surface area (Å²) in [5, 5.41) is 4.11. The molecule has 0 aliphatic heterocycles. The number of benzene rings is 3. The Morgan fingerprint density at radius 2 is 1.09 bits per heavy atom. The summed E-state index contributed by atoms with van der Waals surface area (Å²) in [6.45, 7) is 12.0. The Hall–Kier alpha value is -2.29. The van der Waals surface area contributed by atoms with Crippen LogP contribution >= 0.6 is 0 Å². The summed E-state index contributed by atoms with van der Waals surface area (Å²) in [7, 11) is -5.29. The van der Waals surface area contributed by atoms with Gasteiger partial charge in [0.25, 0.3) is 0 Å². The summed E-state index contributed by atoms with van der Waals surface area (Å²) in [4.78, 5) is 0. The van der Waals surface area contributed by atoms with Crippen LogP contribution in [0.4, 0.5) is 0 Å². The van der Waals surface area contributed by atoms with Gasteiger partial charge < -0.3 is 13.3 Å². The van der Waals surface area contributed by atoms with E-state index in [0.717, 1.165) is 12.1 Å². The molecular weight excluding hydrogens is 440 g/mol. The Morgan fingerprint density at radius 3 is 1.55 bits per heavy atom. The molecule has 0 aliphatic rings. The van der Waals surface area contributed by atoms with Crippen molar-refractivity contribution in [2.75, 3.05) is 19.8 Å². The Labute approximate surface area is 201 Å². The van der Waals surface area contributed by atoms with Crippen molar-refractivity contribution >= 4 is 38.5 Å². The van der Waals surface area contributed by atoms with E-state index in [2.05, 4.69) is 91.5 Å². The van der Waals surface area contributed by atoms with E-state index in [1.54, 1.807) is 0 Å². The highest BCUT2D eigenvalue weighted by atomic mass is 28.4. The van der Waals surface area contributed by atoms with Gasteiger partial charge in [-0.3, -0.25) is 0 Å². The highest BCUT2D eigenvalue weighted by molar-refractivity contribution is 7.12. The van der Waals surface area contributed by atoms with Crippen LogP contribution < -0.4 is 15.6 Å². The Bertz CT molecular complexity index is 936. The molecule has 0 unspecified atom stereocenters. The van der Waals surface area contributed by atoms with Crippen LogP contribution in [0.25, 0.3) is 6.08 Å². The zero-order valence-corrected chi connectivity index (χ0v) is 22.1. The molecule has 3 nitrogen and oxygen atoms in total. The average Bonchev–Trinajstić information content (AvgIpc) is 2.86. The lowest BCUT2D eigenvalue weighted by atomic mass is 10.2. The van der Waals surface area contributed by atoms with E-state index in [9.17, 15) is 0 Å². The molecule has 3 aromatic carbocycles. The third-order valence-electron chi connectivity index (χ3n) is 6.07. The Balaban J connectivity index is 2.25. The van der Waals surface area contributed by atoms with Crippen LogP contribution in [0, 0.1) is 0 Å². The molecule has 0 radical (unpaired) electrons. The summed E-state index contributed by atoms with van der Waals surface area (Å²) in [5.41, 5.74) is 1.19. The molecule has 0 bridgehead atoms. The molecule has 3 aromatic rings. The van der Waals surface area contributed by atoms with E-state index in [1.165, 1.54) is 21.1 Å². The monoisotopic (exact) mass is 476 g/mol. The number of hydrogen-bond acceptors (Lipinski definition) is 3. The minimum atomic E-state index is -2.82. The third kappa shape index (κ3) is 5.62. The van der Waals surface area contributed by atoms with E-state index < -0.39 is 16.9 Å². The lowest BCUT2D eigenvalue weighted by Crippen LogP contribution is -2.68. The molecule has 33 heavy (non-hydrogen) atoms. The molecule has 174 valence electrons. The Morgan fingerprint density at radius 1 is 0.636 bits per heavy atom. The first-order valence-corrected chi connectivity index (χ1v) is 16.0. The van der Waals surface area contributed by atoms with E-state index in [1.807, 2.05) is 26.8 Å². The van der Waals surface area contributed by atoms with Crippen molar-refractivity contribution in [3.63, 3.8) is 0 Å². The highest BCUT2D eigenvalue weighted by Crippen LogP contribution is 2.25. The van der Waals surface area contributed by atoms with Crippen LogP contribution in [0.3, 0.4) is 0 Å². The van der Waals surface area contributed by atoms with E-state index >= 15 is 0 Å². The van der Waals surface area contributed by atoms with Crippen LogP contribution in [-0.4, -0.2) is 36.7 Å². The molecule has 0 N–H and O–H groups in total. The summed E-state index contributed by atoms with van der Waals surface area (Å²) >= 11 is 0. The minimum Gasteiger partial charge on any atom is -0.374 e. The smallest absolute Gasteiger partial charge is 0.374 e. The molecule has 0 heterocycles. The summed E-state index contributed by atoms with van der Waals surface area (Å²) in [5.74, 6) is 0. The average molecular weight is 477 g/mol. The van der Waals surface area contributed by atoms with Crippen LogP contribution in [0.1, 0.15) is 26.3 Å². The van der Waals surface area contributed by atoms with Gasteiger partial charge in [0, 0.05) is 25.9 Å². The van der Waals surface area contributed by atoms with Crippen molar-refractivity contribution in [3.8, 4) is 0 Å². The van der Waals surface area contributed by atoms with Crippen molar-refractivity contribution in [2.24, 2.45) is 0 Å². The van der Waals surface area contributed by atoms with Gasteiger partial charge in [-0.15, -0.1) is 0 Å². The topological polar surface area (TPSA) is 27.7 Å². The van der Waals surface area contributed by atoms with Gasteiger partial charge in [0.05, 0.1) is 0 Å². The van der Waals surface area contributed by atoms with Gasteiger partial charge in [0.2, 0.25) is 0 Å². The fraction of sp³-hybridized carbons (Fsp3) is 0.286. The lowest BCUT2D eigenvalue weighted by Gasteiger charge is -2.37. The molecule has 0 amide bonds. The zero-order valence-electron chi connectivity index (χ0n) is 20.1.